The van der Waals surface area contributed by atoms with Crippen LogP contribution in [0.4, 0.5) is 5.69 Å². The monoisotopic (exact) mass is 558 g/mol. The number of carbonyl (C=O) groups excluding carboxylic acids is 1. The molecule has 41 heavy (non-hydrogen) atoms. The number of benzene rings is 3. The molecule has 0 aliphatic heterocycles. The number of nitro groups is 1. The maximum absolute atomic E-state index is 13.7. The number of methoxy groups -OCH3 is 2. The maximum Gasteiger partial charge on any atom is 0.346 e. The average molecular weight is 559 g/mol. The summed E-state index contributed by atoms with van der Waals surface area (Å²) in [5.41, 5.74) is 2.53. The first-order valence-corrected chi connectivity index (χ1v) is 12.8. The van der Waals surface area contributed by atoms with Gasteiger partial charge in [-0.15, -0.1) is 0 Å². The minimum Gasteiger partial charge on any atom is -0.496 e. The Kier molecular flexibility index (Phi) is 8.46. The van der Waals surface area contributed by atoms with Crippen LogP contribution < -0.4 is 15.0 Å². The Hall–Kier alpha value is -5.06. The highest BCUT2D eigenvalue weighted by atomic mass is 16.6. The number of esters is 1. The predicted octanol–water partition coefficient (Wildman–Crippen LogP) is 5.23. The van der Waals surface area contributed by atoms with E-state index in [2.05, 4.69) is 9.84 Å². The molecular formula is C30H30N4O7. The van der Waals surface area contributed by atoms with Crippen LogP contribution in [0.2, 0.25) is 0 Å². The van der Waals surface area contributed by atoms with Gasteiger partial charge in [0.25, 0.3) is 5.56 Å². The van der Waals surface area contributed by atoms with E-state index in [1.807, 2.05) is 32.9 Å². The molecule has 4 aromatic rings. The lowest BCUT2D eigenvalue weighted by atomic mass is 9.96. The fourth-order valence-corrected chi connectivity index (χ4v) is 4.36. The van der Waals surface area contributed by atoms with Crippen LogP contribution in [-0.2, 0) is 9.53 Å². The molecule has 0 bridgehead atoms. The molecule has 11 heteroatoms. The Morgan fingerprint density at radius 1 is 1.07 bits per heavy atom. The summed E-state index contributed by atoms with van der Waals surface area (Å²) in [4.78, 5) is 41.3. The van der Waals surface area contributed by atoms with Crippen LogP contribution in [0, 0.1) is 17.0 Å². The first kappa shape index (κ1) is 28.9. The topological polar surface area (TPSA) is 135 Å². The molecule has 0 spiro atoms. The predicted molar refractivity (Wildman–Crippen MR) is 155 cm³/mol. The van der Waals surface area contributed by atoms with Crippen LogP contribution in [0.5, 0.6) is 11.5 Å². The lowest BCUT2D eigenvalue weighted by molar-refractivity contribution is -0.386. The van der Waals surface area contributed by atoms with Crippen molar-refractivity contribution in [2.75, 3.05) is 14.2 Å². The zero-order valence-corrected chi connectivity index (χ0v) is 23.6. The number of aromatic nitrogens is 2. The second kappa shape index (κ2) is 12.0. The van der Waals surface area contributed by atoms with Crippen LogP contribution >= 0.6 is 0 Å². The molecule has 11 nitrogen and oxygen atoms in total. The number of hydrogen-bond acceptors (Lipinski definition) is 9. The smallest absolute Gasteiger partial charge is 0.346 e. The highest BCUT2D eigenvalue weighted by molar-refractivity contribution is 5.83. The van der Waals surface area contributed by atoms with Gasteiger partial charge in [-0.25, -0.2) is 9.78 Å². The Morgan fingerprint density at radius 3 is 2.46 bits per heavy atom. The van der Waals surface area contributed by atoms with Crippen LogP contribution in [0.3, 0.4) is 0 Å². The van der Waals surface area contributed by atoms with Crippen molar-refractivity contribution in [2.45, 2.75) is 39.7 Å². The summed E-state index contributed by atoms with van der Waals surface area (Å²) < 4.78 is 16.8. The third-order valence-electron chi connectivity index (χ3n) is 6.53. The first-order chi connectivity index (χ1) is 19.5. The molecule has 1 atom stereocenters. The van der Waals surface area contributed by atoms with Gasteiger partial charge in [-0.05, 0) is 67.3 Å². The number of hydrogen-bond donors (Lipinski definition) is 0. The Balaban J connectivity index is 1.87. The van der Waals surface area contributed by atoms with Crippen molar-refractivity contribution < 1.29 is 23.9 Å². The number of aryl methyl sites for hydroxylation is 1. The Bertz CT molecular complexity index is 1730. The van der Waals surface area contributed by atoms with Crippen molar-refractivity contribution in [1.82, 2.24) is 9.66 Å². The summed E-state index contributed by atoms with van der Waals surface area (Å²) in [6.45, 7) is 7.41. The van der Waals surface area contributed by atoms with Gasteiger partial charge in [0.2, 0.25) is 0 Å². The van der Waals surface area contributed by atoms with E-state index >= 15 is 0 Å². The minimum atomic E-state index is -1.05. The normalized spacial score (nSPS) is 12.1. The van der Waals surface area contributed by atoms with Gasteiger partial charge in [-0.1, -0.05) is 26.0 Å². The van der Waals surface area contributed by atoms with Gasteiger partial charge in [0.1, 0.15) is 5.75 Å². The van der Waals surface area contributed by atoms with Crippen molar-refractivity contribution >= 4 is 28.8 Å². The van der Waals surface area contributed by atoms with Gasteiger partial charge in [0, 0.05) is 17.2 Å². The van der Waals surface area contributed by atoms with Crippen molar-refractivity contribution in [1.29, 1.82) is 0 Å². The van der Waals surface area contributed by atoms with Crippen LogP contribution in [0.15, 0.2) is 64.5 Å². The standard InChI is InChI=1S/C30H30N4O7/c1-17(2)22-15-23(18(3)13-27(22)39-5)28-32-24-10-8-7-9-21(24)29(35)33(28)31-16-20-11-12-26(25(14-20)34(37)38)41-19(4)30(36)40-6/h7-17,19H,1-6H3/t19-/m1/s1. The number of fused-ring (bicyclic) bond motifs is 1. The summed E-state index contributed by atoms with van der Waals surface area (Å²) in [5, 5.41) is 16.6. The van der Waals surface area contributed by atoms with Gasteiger partial charge < -0.3 is 14.2 Å². The molecule has 0 N–H and O–H groups in total. The van der Waals surface area contributed by atoms with Crippen LogP contribution in [0.25, 0.3) is 22.3 Å². The third-order valence-corrected chi connectivity index (χ3v) is 6.53. The SMILES string of the molecule is COC(=O)[C@@H](C)Oc1ccc(C=Nn2c(-c3cc(C(C)C)c(OC)cc3C)nc3ccccc3c2=O)cc1[N+](=O)[O-]. The van der Waals surface area contributed by atoms with E-state index in [1.165, 1.54) is 43.1 Å². The average Bonchev–Trinajstić information content (AvgIpc) is 2.96. The quantitative estimate of drug-likeness (QED) is 0.118. The molecule has 0 aliphatic carbocycles. The van der Waals surface area contributed by atoms with Crippen LogP contribution in [-0.4, -0.2) is 47.1 Å². The zero-order chi connectivity index (χ0) is 29.8. The van der Waals surface area contributed by atoms with E-state index in [9.17, 15) is 19.7 Å². The Morgan fingerprint density at radius 2 is 1.80 bits per heavy atom. The Labute approximate surface area is 236 Å². The fraction of sp³-hybridized carbons (Fsp3) is 0.267. The molecule has 4 rings (SSSR count). The summed E-state index contributed by atoms with van der Waals surface area (Å²) in [6, 6.07) is 15.0. The molecule has 0 saturated heterocycles. The van der Waals surface area contributed by atoms with E-state index in [1.54, 1.807) is 31.4 Å². The van der Waals surface area contributed by atoms with Crippen molar-refractivity contribution in [2.24, 2.45) is 5.10 Å². The fourth-order valence-electron chi connectivity index (χ4n) is 4.36. The second-order valence-electron chi connectivity index (χ2n) is 9.65. The molecule has 0 fully saturated rings. The lowest BCUT2D eigenvalue weighted by Gasteiger charge is -2.17. The van der Waals surface area contributed by atoms with E-state index < -0.39 is 22.6 Å². The summed E-state index contributed by atoms with van der Waals surface area (Å²) in [5.74, 6) is 0.404. The highest BCUT2D eigenvalue weighted by Gasteiger charge is 2.22. The largest absolute Gasteiger partial charge is 0.496 e. The van der Waals surface area contributed by atoms with Gasteiger partial charge >= 0.3 is 11.7 Å². The van der Waals surface area contributed by atoms with Gasteiger partial charge in [-0.3, -0.25) is 14.9 Å². The van der Waals surface area contributed by atoms with E-state index in [0.717, 1.165) is 16.9 Å². The van der Waals surface area contributed by atoms with Gasteiger partial charge in [0.05, 0.1) is 36.3 Å². The number of carbonyl (C=O) groups is 1. The molecule has 0 unspecified atom stereocenters. The number of rotatable bonds is 9. The summed E-state index contributed by atoms with van der Waals surface area (Å²) >= 11 is 0. The second-order valence-corrected chi connectivity index (χ2v) is 9.65. The van der Waals surface area contributed by atoms with E-state index in [-0.39, 0.29) is 17.4 Å². The summed E-state index contributed by atoms with van der Waals surface area (Å²) in [7, 11) is 2.81. The molecule has 0 aliphatic rings. The van der Waals surface area contributed by atoms with Gasteiger partial charge in [0.15, 0.2) is 17.7 Å². The lowest BCUT2D eigenvalue weighted by Crippen LogP contribution is -2.25. The minimum absolute atomic E-state index is 0.106. The molecule has 1 aromatic heterocycles. The van der Waals surface area contributed by atoms with Crippen molar-refractivity contribution in [3.05, 3.63) is 91.8 Å². The number of para-hydroxylation sites is 1. The van der Waals surface area contributed by atoms with Crippen LogP contribution in [0.1, 0.15) is 43.4 Å². The van der Waals surface area contributed by atoms with Gasteiger partial charge in [-0.2, -0.15) is 9.78 Å². The molecule has 1 heterocycles. The molecule has 212 valence electrons. The molecule has 3 aromatic carbocycles. The van der Waals surface area contributed by atoms with E-state index in [4.69, 9.17) is 14.5 Å². The third kappa shape index (κ3) is 5.93. The molecule has 0 saturated carbocycles. The van der Waals surface area contributed by atoms with Crippen molar-refractivity contribution in [3.8, 4) is 22.9 Å². The first-order valence-electron chi connectivity index (χ1n) is 12.8. The van der Waals surface area contributed by atoms with E-state index in [0.29, 0.717) is 27.9 Å². The molecule has 0 radical (unpaired) electrons. The molecule has 0 amide bonds. The zero-order valence-electron chi connectivity index (χ0n) is 23.6. The number of ether oxygens (including phenoxy) is 3. The van der Waals surface area contributed by atoms with Crippen molar-refractivity contribution in [3.63, 3.8) is 0 Å². The molecular weight excluding hydrogens is 528 g/mol. The highest BCUT2D eigenvalue weighted by Crippen LogP contribution is 2.34. The number of nitrogens with zero attached hydrogens (tertiary/aromatic N) is 4. The maximum atomic E-state index is 13.7. The summed E-state index contributed by atoms with van der Waals surface area (Å²) in [6.07, 6.45) is 0.288. The number of nitro benzene ring substituents is 1.